The molecule has 4 nitrogen and oxygen atoms in total. The summed E-state index contributed by atoms with van der Waals surface area (Å²) in [5.41, 5.74) is 2.71. The zero-order valence-electron chi connectivity index (χ0n) is 13.6. The highest BCUT2D eigenvalue weighted by Crippen LogP contribution is 2.34. The minimum absolute atomic E-state index is 0.124. The zero-order valence-corrected chi connectivity index (χ0v) is 14.4. The molecule has 0 aliphatic carbocycles. The maximum absolute atomic E-state index is 13.2. The summed E-state index contributed by atoms with van der Waals surface area (Å²) < 4.78 is 27.8. The van der Waals surface area contributed by atoms with E-state index in [1.54, 1.807) is 24.3 Å². The number of hydrogen-bond donors (Lipinski definition) is 1. The number of hydrogen-bond acceptors (Lipinski definition) is 3. The number of rotatable bonds is 4. The van der Waals surface area contributed by atoms with E-state index < -0.39 is 10.0 Å². The van der Waals surface area contributed by atoms with Crippen molar-refractivity contribution in [3.05, 3.63) is 77.4 Å². The molecule has 1 unspecified atom stereocenters. The van der Waals surface area contributed by atoms with E-state index in [0.29, 0.717) is 6.42 Å². The van der Waals surface area contributed by atoms with Crippen LogP contribution in [-0.2, 0) is 10.0 Å². The maximum Gasteiger partial charge on any atom is 0.243 e. The van der Waals surface area contributed by atoms with Crippen LogP contribution in [0, 0.1) is 6.92 Å². The molecule has 3 rings (SSSR count). The summed E-state index contributed by atoms with van der Waals surface area (Å²) in [5.74, 6) is 0. The van der Waals surface area contributed by atoms with Crippen molar-refractivity contribution in [2.24, 2.45) is 0 Å². The fourth-order valence-electron chi connectivity index (χ4n) is 2.96. The van der Waals surface area contributed by atoms with E-state index in [1.165, 1.54) is 4.31 Å². The van der Waals surface area contributed by atoms with Gasteiger partial charge < -0.3 is 5.11 Å². The first-order valence-corrected chi connectivity index (χ1v) is 9.38. The van der Waals surface area contributed by atoms with Gasteiger partial charge in [0.25, 0.3) is 0 Å². The van der Waals surface area contributed by atoms with Crippen LogP contribution >= 0.6 is 0 Å². The van der Waals surface area contributed by atoms with Crippen LogP contribution in [0.4, 0.5) is 0 Å². The topological polar surface area (TPSA) is 57.6 Å². The lowest BCUT2D eigenvalue weighted by atomic mass is 9.99. The molecule has 0 saturated carbocycles. The molecule has 0 aromatic heterocycles. The molecule has 1 aliphatic heterocycles. The highest BCUT2D eigenvalue weighted by atomic mass is 32.2. The highest BCUT2D eigenvalue weighted by Gasteiger charge is 2.34. The predicted molar refractivity (Wildman–Crippen MR) is 94.0 cm³/mol. The van der Waals surface area contributed by atoms with Gasteiger partial charge in [-0.3, -0.25) is 0 Å². The van der Waals surface area contributed by atoms with Crippen molar-refractivity contribution in [3.8, 4) is 0 Å². The normalized spacial score (nSPS) is 19.1. The van der Waals surface area contributed by atoms with Gasteiger partial charge in [0, 0.05) is 6.54 Å². The fourth-order valence-corrected chi connectivity index (χ4v) is 4.59. The molecule has 0 radical (unpaired) electrons. The van der Waals surface area contributed by atoms with Crippen molar-refractivity contribution in [2.75, 3.05) is 13.2 Å². The minimum atomic E-state index is -3.64. The van der Waals surface area contributed by atoms with Crippen LogP contribution in [0.5, 0.6) is 0 Å². The molecule has 5 heteroatoms. The van der Waals surface area contributed by atoms with E-state index in [-0.39, 0.29) is 24.1 Å². The first kappa shape index (κ1) is 16.9. The number of nitrogens with zero attached hydrogens (tertiary/aromatic N) is 1. The van der Waals surface area contributed by atoms with Crippen molar-refractivity contribution in [1.29, 1.82) is 0 Å². The van der Waals surface area contributed by atoms with Gasteiger partial charge in [-0.1, -0.05) is 54.1 Å². The molecule has 1 heterocycles. The van der Waals surface area contributed by atoms with E-state index in [2.05, 4.69) is 0 Å². The molecule has 2 aromatic rings. The van der Waals surface area contributed by atoms with Crippen LogP contribution < -0.4 is 0 Å². The first-order chi connectivity index (χ1) is 11.5. The number of aryl methyl sites for hydroxylation is 1. The maximum atomic E-state index is 13.2. The fraction of sp³-hybridized carbons (Fsp3) is 0.263. The summed E-state index contributed by atoms with van der Waals surface area (Å²) in [4.78, 5) is 0.285. The Labute approximate surface area is 143 Å². The molecule has 24 heavy (non-hydrogen) atoms. The molecule has 0 bridgehead atoms. The van der Waals surface area contributed by atoms with Crippen molar-refractivity contribution in [2.45, 2.75) is 24.3 Å². The lowest BCUT2D eigenvalue weighted by molar-refractivity contribution is 0.283. The Morgan fingerprint density at radius 2 is 1.75 bits per heavy atom. The van der Waals surface area contributed by atoms with Crippen molar-refractivity contribution < 1.29 is 13.5 Å². The summed E-state index contributed by atoms with van der Waals surface area (Å²) in [7, 11) is -3.64. The Kier molecular flexibility index (Phi) is 4.85. The van der Waals surface area contributed by atoms with Crippen LogP contribution in [0.3, 0.4) is 0 Å². The van der Waals surface area contributed by atoms with Gasteiger partial charge in [-0.05, 0) is 36.6 Å². The van der Waals surface area contributed by atoms with E-state index in [4.69, 9.17) is 0 Å². The third-order valence-electron chi connectivity index (χ3n) is 4.35. The number of aliphatic hydroxyl groups excluding tert-OH is 1. The SMILES string of the molecule is Cc1ccc(S(=O)(=O)N2CC(CO)=CCC2c2ccccc2)cc1. The van der Waals surface area contributed by atoms with Gasteiger partial charge >= 0.3 is 0 Å². The van der Waals surface area contributed by atoms with E-state index in [9.17, 15) is 13.5 Å². The average molecular weight is 343 g/mol. The molecule has 1 aliphatic rings. The molecule has 0 amide bonds. The molecule has 0 spiro atoms. The second-order valence-corrected chi connectivity index (χ2v) is 7.94. The van der Waals surface area contributed by atoms with Crippen LogP contribution in [0.15, 0.2) is 71.1 Å². The van der Waals surface area contributed by atoms with Gasteiger partial charge in [0.05, 0.1) is 17.5 Å². The molecular formula is C19H21NO3S. The molecule has 2 aromatic carbocycles. The van der Waals surface area contributed by atoms with Crippen LogP contribution in [0.1, 0.15) is 23.6 Å². The summed E-state index contributed by atoms with van der Waals surface area (Å²) in [6.45, 7) is 2.02. The number of aliphatic hydroxyl groups is 1. The lowest BCUT2D eigenvalue weighted by Gasteiger charge is -2.34. The molecule has 1 N–H and O–H groups in total. The van der Waals surface area contributed by atoms with Gasteiger partial charge in [0.2, 0.25) is 10.0 Å². The minimum Gasteiger partial charge on any atom is -0.392 e. The molecule has 0 fully saturated rings. The number of sulfonamides is 1. The largest absolute Gasteiger partial charge is 0.392 e. The summed E-state index contributed by atoms with van der Waals surface area (Å²) in [5, 5.41) is 9.45. The quantitative estimate of drug-likeness (QED) is 0.868. The average Bonchev–Trinajstić information content (AvgIpc) is 2.62. The Balaban J connectivity index is 2.03. The van der Waals surface area contributed by atoms with Crippen LogP contribution in [0.25, 0.3) is 0 Å². The van der Waals surface area contributed by atoms with E-state index >= 15 is 0 Å². The summed E-state index contributed by atoms with van der Waals surface area (Å²) >= 11 is 0. The highest BCUT2D eigenvalue weighted by molar-refractivity contribution is 7.89. The van der Waals surface area contributed by atoms with Crippen molar-refractivity contribution in [3.63, 3.8) is 0 Å². The Morgan fingerprint density at radius 1 is 1.08 bits per heavy atom. The summed E-state index contributed by atoms with van der Waals surface area (Å²) in [6, 6.07) is 16.3. The van der Waals surface area contributed by atoms with Crippen LogP contribution in [-0.4, -0.2) is 31.0 Å². The Morgan fingerprint density at radius 3 is 2.38 bits per heavy atom. The first-order valence-electron chi connectivity index (χ1n) is 7.94. The van der Waals surface area contributed by atoms with Crippen LogP contribution in [0.2, 0.25) is 0 Å². The van der Waals surface area contributed by atoms with Gasteiger partial charge in [0.15, 0.2) is 0 Å². The third-order valence-corrected chi connectivity index (χ3v) is 6.22. The van der Waals surface area contributed by atoms with Crippen molar-refractivity contribution >= 4 is 10.0 Å². The Bertz CT molecular complexity index is 827. The molecular weight excluding hydrogens is 322 g/mol. The van der Waals surface area contributed by atoms with E-state index in [0.717, 1.165) is 16.7 Å². The van der Waals surface area contributed by atoms with Gasteiger partial charge in [-0.25, -0.2) is 8.42 Å². The van der Waals surface area contributed by atoms with Gasteiger partial charge in [-0.15, -0.1) is 0 Å². The van der Waals surface area contributed by atoms with Crippen molar-refractivity contribution in [1.82, 2.24) is 4.31 Å². The Hall–Kier alpha value is -1.95. The molecule has 126 valence electrons. The predicted octanol–water partition coefficient (Wildman–Crippen LogP) is 3.05. The second-order valence-electron chi connectivity index (χ2n) is 6.05. The summed E-state index contributed by atoms with van der Waals surface area (Å²) in [6.07, 6.45) is 2.50. The van der Waals surface area contributed by atoms with E-state index in [1.807, 2.05) is 43.3 Å². The molecule has 0 saturated heterocycles. The number of benzene rings is 2. The standard InChI is InChI=1S/C19H21NO3S/c1-15-7-10-18(11-8-15)24(22,23)20-13-16(14-21)9-12-19(20)17-5-3-2-4-6-17/h2-11,19,21H,12-14H2,1H3. The molecule has 1 atom stereocenters. The third kappa shape index (κ3) is 3.29. The monoisotopic (exact) mass is 343 g/mol. The zero-order chi connectivity index (χ0) is 17.2. The van der Waals surface area contributed by atoms with Gasteiger partial charge in [-0.2, -0.15) is 4.31 Å². The van der Waals surface area contributed by atoms with Gasteiger partial charge in [0.1, 0.15) is 0 Å². The smallest absolute Gasteiger partial charge is 0.243 e. The second kappa shape index (κ2) is 6.89. The lowest BCUT2D eigenvalue weighted by Crippen LogP contribution is -2.39.